The molecule has 0 radical (unpaired) electrons. The Balaban J connectivity index is 1.07. The average molecular weight is 855 g/mol. The molecule has 0 saturated heterocycles. The lowest BCUT2D eigenvalue weighted by molar-refractivity contribution is -0.0113. The summed E-state index contributed by atoms with van der Waals surface area (Å²) in [6.07, 6.45) is 1.88. The van der Waals surface area contributed by atoms with Crippen LogP contribution in [0.25, 0.3) is 0 Å². The van der Waals surface area contributed by atoms with Crippen LogP contribution in [0.3, 0.4) is 0 Å². The molecule has 0 aliphatic heterocycles. The van der Waals surface area contributed by atoms with Crippen molar-refractivity contribution in [2.75, 3.05) is 7.11 Å². The van der Waals surface area contributed by atoms with Gasteiger partial charge in [-0.25, -0.2) is 0 Å². The summed E-state index contributed by atoms with van der Waals surface area (Å²) < 4.78 is 109. The van der Waals surface area contributed by atoms with Crippen LogP contribution in [-0.2, 0) is 35.1 Å². The Hall–Kier alpha value is -1.63. The molecule has 6 fully saturated rings. The van der Waals surface area contributed by atoms with Gasteiger partial charge in [0.05, 0.1) is 65.1 Å². The van der Waals surface area contributed by atoms with E-state index in [-0.39, 0.29) is 67.5 Å². The highest BCUT2D eigenvalue weighted by molar-refractivity contribution is 7.87. The van der Waals surface area contributed by atoms with Gasteiger partial charge in [0.15, 0.2) is 0 Å². The summed E-state index contributed by atoms with van der Waals surface area (Å²) in [4.78, 5) is 0. The summed E-state index contributed by atoms with van der Waals surface area (Å²) in [6, 6.07) is -2.95. The fourth-order valence-corrected chi connectivity index (χ4v) is 14.0. The van der Waals surface area contributed by atoms with E-state index in [0.717, 1.165) is 0 Å². The van der Waals surface area contributed by atoms with Crippen molar-refractivity contribution in [1.82, 2.24) is 0 Å². The first kappa shape index (κ1) is 43.9. The van der Waals surface area contributed by atoms with Crippen molar-refractivity contribution in [2.45, 2.75) is 173 Å². The summed E-state index contributed by atoms with van der Waals surface area (Å²) in [5, 5.41) is 54.6. The van der Waals surface area contributed by atoms with Gasteiger partial charge < -0.3 is 20.1 Å². The van der Waals surface area contributed by atoms with Gasteiger partial charge in [-0.05, 0) is 107 Å². The standard InChI is InChI=1S/C34H58N6O13S3/c1-17-9-28(30(53-2)16-27(17)38-36-21-4-3-18-11-23(54(44,45)46)15-31(25(18)13-21)55(47,48)49)39-40-33-32(56(50,51)52)12-19-10-20(5-7-24(19)34(33)43)35-37-26-8-6-22(41)14-29(26)42/h17-34,41-43H,3-16H2,1-2H3,(H,44,45,46)(H,47,48,49)(H,50,51,52). The summed E-state index contributed by atoms with van der Waals surface area (Å²) in [6.45, 7) is 1.97. The van der Waals surface area contributed by atoms with Gasteiger partial charge in [0.2, 0.25) is 0 Å². The monoisotopic (exact) mass is 854 g/mol. The molecular weight excluding hydrogens is 797 g/mol. The number of aliphatic hydroxyl groups excluding tert-OH is 3. The predicted octanol–water partition coefficient (Wildman–Crippen LogP) is 3.07. The maximum Gasteiger partial charge on any atom is 0.270 e. The van der Waals surface area contributed by atoms with E-state index in [1.807, 2.05) is 6.92 Å². The summed E-state index contributed by atoms with van der Waals surface area (Å²) in [5.74, 6) is -1.45. The second-order valence-corrected chi connectivity index (χ2v) is 22.3. The van der Waals surface area contributed by atoms with Crippen molar-refractivity contribution in [3.63, 3.8) is 0 Å². The lowest BCUT2D eigenvalue weighted by Gasteiger charge is -2.45. The van der Waals surface area contributed by atoms with Crippen LogP contribution in [0.2, 0.25) is 0 Å². The van der Waals surface area contributed by atoms with E-state index in [9.17, 15) is 54.2 Å². The SMILES string of the molecule is COC1CC(N=NC2CCC3CC(S(=O)(=O)O)CC(S(=O)(=O)O)C3C2)C(C)CC1N=NC1C(O)C2CCC(N=NC3CCC(O)CC3O)CC2CC1S(=O)(=O)O. The Morgan fingerprint density at radius 1 is 0.536 bits per heavy atom. The molecule has 6 N–H and O–H groups in total. The maximum absolute atomic E-state index is 12.7. The molecule has 6 aliphatic rings. The summed E-state index contributed by atoms with van der Waals surface area (Å²) >= 11 is 0. The molecule has 56 heavy (non-hydrogen) atoms. The van der Waals surface area contributed by atoms with Crippen molar-refractivity contribution < 1.29 is 59.0 Å². The second kappa shape index (κ2) is 17.5. The minimum Gasteiger partial charge on any atom is -0.393 e. The third-order valence-electron chi connectivity index (χ3n) is 13.8. The molecule has 0 heterocycles. The van der Waals surface area contributed by atoms with E-state index >= 15 is 0 Å². The lowest BCUT2D eigenvalue weighted by atomic mass is 9.66. The Morgan fingerprint density at radius 2 is 1.18 bits per heavy atom. The van der Waals surface area contributed by atoms with Gasteiger partial charge in [-0.15, -0.1) is 0 Å². The second-order valence-electron chi connectivity index (χ2n) is 17.4. The Kier molecular flexibility index (Phi) is 13.8. The zero-order valence-electron chi connectivity index (χ0n) is 31.7. The van der Waals surface area contributed by atoms with Crippen molar-refractivity contribution in [1.29, 1.82) is 0 Å². The smallest absolute Gasteiger partial charge is 0.270 e. The molecule has 19 nitrogen and oxygen atoms in total. The molecule has 0 spiro atoms. The lowest BCUT2D eigenvalue weighted by Crippen LogP contribution is -2.54. The molecule has 0 aromatic rings. The molecular formula is C34H58N6O13S3. The predicted molar refractivity (Wildman–Crippen MR) is 200 cm³/mol. The van der Waals surface area contributed by atoms with Crippen LogP contribution in [0.1, 0.15) is 96.8 Å². The Morgan fingerprint density at radius 3 is 1.82 bits per heavy atom. The quantitative estimate of drug-likeness (QED) is 0.136. The Labute approximate surface area is 328 Å². The normalized spacial score (nSPS) is 45.9. The highest BCUT2D eigenvalue weighted by Crippen LogP contribution is 2.47. The van der Waals surface area contributed by atoms with Crippen molar-refractivity contribution in [2.24, 2.45) is 60.3 Å². The van der Waals surface area contributed by atoms with E-state index in [1.165, 1.54) is 7.11 Å². The first-order valence-electron chi connectivity index (χ1n) is 19.9. The highest BCUT2D eigenvalue weighted by atomic mass is 32.2. The van der Waals surface area contributed by atoms with Crippen LogP contribution in [0.4, 0.5) is 0 Å². The van der Waals surface area contributed by atoms with E-state index < -0.39 is 94.6 Å². The molecule has 18 atom stereocenters. The van der Waals surface area contributed by atoms with Crippen LogP contribution in [0, 0.1) is 29.6 Å². The molecule has 0 aromatic heterocycles. The number of azo groups is 3. The average Bonchev–Trinajstić information content (AvgIpc) is 3.11. The molecule has 6 aliphatic carbocycles. The zero-order valence-corrected chi connectivity index (χ0v) is 34.2. The van der Waals surface area contributed by atoms with Crippen LogP contribution >= 0.6 is 0 Å². The number of ether oxygens (including phenoxy) is 1. The highest BCUT2D eigenvalue weighted by Gasteiger charge is 2.52. The number of hydrogen-bond acceptors (Lipinski definition) is 16. The maximum atomic E-state index is 12.7. The van der Waals surface area contributed by atoms with E-state index in [0.29, 0.717) is 64.2 Å². The summed E-state index contributed by atoms with van der Waals surface area (Å²) in [7, 11) is -12.2. The molecule has 0 aromatic carbocycles. The van der Waals surface area contributed by atoms with Gasteiger partial charge >= 0.3 is 0 Å². The minimum atomic E-state index is -4.62. The topological polar surface area (TPSA) is 307 Å². The van der Waals surface area contributed by atoms with Gasteiger partial charge in [0.25, 0.3) is 30.4 Å². The number of methoxy groups -OCH3 is 1. The fourth-order valence-electron chi connectivity index (χ4n) is 10.6. The molecule has 6 saturated carbocycles. The molecule has 22 heteroatoms. The van der Waals surface area contributed by atoms with E-state index in [4.69, 9.17) is 4.74 Å². The van der Waals surface area contributed by atoms with Crippen LogP contribution in [0.5, 0.6) is 0 Å². The van der Waals surface area contributed by atoms with Gasteiger partial charge in [-0.3, -0.25) is 13.7 Å². The van der Waals surface area contributed by atoms with Gasteiger partial charge in [-0.1, -0.05) is 6.92 Å². The minimum absolute atomic E-state index is 0.0662. The number of hydrogen-bond donors (Lipinski definition) is 6. The first-order chi connectivity index (χ1) is 26.2. The van der Waals surface area contributed by atoms with Crippen LogP contribution < -0.4 is 0 Å². The van der Waals surface area contributed by atoms with Crippen LogP contribution in [0.15, 0.2) is 30.7 Å². The molecule has 0 amide bonds. The summed E-state index contributed by atoms with van der Waals surface area (Å²) in [5.41, 5.74) is 0. The van der Waals surface area contributed by atoms with E-state index in [2.05, 4.69) is 30.7 Å². The number of aliphatic hydroxyl groups is 3. The number of rotatable bonds is 10. The molecule has 18 unspecified atom stereocenters. The van der Waals surface area contributed by atoms with E-state index in [1.54, 1.807) is 0 Å². The van der Waals surface area contributed by atoms with Crippen molar-refractivity contribution >= 4 is 30.4 Å². The third kappa shape index (κ3) is 10.2. The van der Waals surface area contributed by atoms with Gasteiger partial charge in [0, 0.05) is 20.0 Å². The third-order valence-corrected chi connectivity index (χ3v) is 17.6. The number of fused-ring (bicyclic) bond motifs is 2. The molecule has 0 bridgehead atoms. The van der Waals surface area contributed by atoms with Crippen molar-refractivity contribution in [3.05, 3.63) is 0 Å². The van der Waals surface area contributed by atoms with Crippen LogP contribution in [-0.4, -0.2) is 138 Å². The molecule has 6 rings (SSSR count). The van der Waals surface area contributed by atoms with Gasteiger partial charge in [-0.2, -0.15) is 55.9 Å². The Bertz CT molecular complexity index is 1800. The largest absolute Gasteiger partial charge is 0.393 e. The van der Waals surface area contributed by atoms with Crippen molar-refractivity contribution in [3.8, 4) is 0 Å². The first-order valence-corrected chi connectivity index (χ1v) is 24.4. The number of nitrogens with zero attached hydrogens (tertiary/aromatic N) is 6. The fraction of sp³-hybridized carbons (Fsp3) is 1.00. The van der Waals surface area contributed by atoms with Gasteiger partial charge in [0.1, 0.15) is 11.3 Å². The zero-order chi connectivity index (χ0) is 40.7. The molecule has 320 valence electrons.